The number of carbonyl (C=O) groups excluding carboxylic acids is 1. The van der Waals surface area contributed by atoms with Gasteiger partial charge in [-0.2, -0.15) is 0 Å². The third-order valence-electron chi connectivity index (χ3n) is 4.80. The summed E-state index contributed by atoms with van der Waals surface area (Å²) < 4.78 is 25.3. The lowest BCUT2D eigenvalue weighted by Gasteiger charge is -2.23. The van der Waals surface area contributed by atoms with Crippen molar-refractivity contribution in [3.63, 3.8) is 0 Å². The average Bonchev–Trinajstić information content (AvgIpc) is 3.36. The summed E-state index contributed by atoms with van der Waals surface area (Å²) in [5, 5.41) is 0.627. The number of carbonyl (C=O) groups is 1. The minimum Gasteiger partial charge on any atom is -0.494 e. The largest absolute Gasteiger partial charge is 0.494 e. The number of hydrogen-bond acceptors (Lipinski definition) is 5. The summed E-state index contributed by atoms with van der Waals surface area (Å²) in [6.45, 7) is 1.18. The zero-order valence-corrected chi connectivity index (χ0v) is 16.4. The number of fused-ring (bicyclic) bond motifs is 1. The second-order valence-electron chi connectivity index (χ2n) is 6.75. The number of aromatic nitrogens is 1. The van der Waals surface area contributed by atoms with Crippen molar-refractivity contribution in [1.29, 1.82) is 0 Å². The van der Waals surface area contributed by atoms with Crippen LogP contribution in [0.25, 0.3) is 10.2 Å². The molecule has 0 saturated carbocycles. The second kappa shape index (κ2) is 8.24. The van der Waals surface area contributed by atoms with Crippen LogP contribution in [0.2, 0.25) is 0 Å². The van der Waals surface area contributed by atoms with Gasteiger partial charge in [0, 0.05) is 6.61 Å². The lowest BCUT2D eigenvalue weighted by molar-refractivity contribution is -0.118. The Morgan fingerprint density at radius 1 is 1.32 bits per heavy atom. The van der Waals surface area contributed by atoms with Crippen molar-refractivity contribution in [3.8, 4) is 5.75 Å². The van der Waals surface area contributed by atoms with E-state index < -0.39 is 0 Å². The molecular weight excluding hydrogens is 379 g/mol. The predicted molar refractivity (Wildman–Crippen MR) is 108 cm³/mol. The Balaban J connectivity index is 1.64. The van der Waals surface area contributed by atoms with E-state index in [9.17, 15) is 9.18 Å². The fourth-order valence-electron chi connectivity index (χ4n) is 3.34. The maximum Gasteiger partial charge on any atom is 0.233 e. The summed E-state index contributed by atoms with van der Waals surface area (Å²) in [5.41, 5.74) is 1.51. The minimum atomic E-state index is -0.314. The molecule has 5 nitrogen and oxygen atoms in total. The highest BCUT2D eigenvalue weighted by Gasteiger charge is 2.26. The first-order chi connectivity index (χ1) is 13.6. The average molecular weight is 400 g/mol. The predicted octanol–water partition coefficient (Wildman–Crippen LogP) is 4.20. The number of halogens is 1. The Hall–Kier alpha value is -2.51. The van der Waals surface area contributed by atoms with Gasteiger partial charge in [0.25, 0.3) is 0 Å². The van der Waals surface area contributed by atoms with Gasteiger partial charge in [-0.3, -0.25) is 9.69 Å². The van der Waals surface area contributed by atoms with Crippen molar-refractivity contribution in [3.05, 3.63) is 53.8 Å². The quantitative estimate of drug-likeness (QED) is 0.622. The van der Waals surface area contributed by atoms with Gasteiger partial charge in [-0.1, -0.05) is 29.5 Å². The molecule has 28 heavy (non-hydrogen) atoms. The van der Waals surface area contributed by atoms with E-state index in [1.165, 1.54) is 23.5 Å². The molecule has 1 aliphatic heterocycles. The van der Waals surface area contributed by atoms with Crippen LogP contribution in [0.1, 0.15) is 18.4 Å². The van der Waals surface area contributed by atoms with Gasteiger partial charge in [-0.25, -0.2) is 9.37 Å². The van der Waals surface area contributed by atoms with E-state index in [0.29, 0.717) is 17.4 Å². The topological polar surface area (TPSA) is 51.7 Å². The van der Waals surface area contributed by atoms with Gasteiger partial charge in [-0.05, 0) is 42.7 Å². The van der Waals surface area contributed by atoms with Crippen LogP contribution < -0.4 is 9.64 Å². The van der Waals surface area contributed by atoms with E-state index in [0.717, 1.165) is 35.2 Å². The molecule has 4 rings (SSSR count). The van der Waals surface area contributed by atoms with E-state index in [1.807, 2.05) is 18.2 Å². The summed E-state index contributed by atoms with van der Waals surface area (Å²) in [7, 11) is 1.61. The Kier molecular flexibility index (Phi) is 5.54. The van der Waals surface area contributed by atoms with Crippen LogP contribution in [0.5, 0.6) is 5.75 Å². The molecule has 0 aliphatic carbocycles. The van der Waals surface area contributed by atoms with Crippen molar-refractivity contribution in [2.24, 2.45) is 0 Å². The van der Waals surface area contributed by atoms with E-state index >= 15 is 0 Å². The normalized spacial score (nSPS) is 16.4. The number of rotatable bonds is 6. The summed E-state index contributed by atoms with van der Waals surface area (Å²) in [5.74, 6) is 0.286. The molecule has 7 heteroatoms. The molecule has 1 fully saturated rings. The van der Waals surface area contributed by atoms with Gasteiger partial charge in [0.1, 0.15) is 17.1 Å². The summed E-state index contributed by atoms with van der Waals surface area (Å²) >= 11 is 1.46. The number of anilines is 1. The van der Waals surface area contributed by atoms with Crippen LogP contribution in [0, 0.1) is 5.82 Å². The molecule has 146 valence electrons. The first-order valence-corrected chi connectivity index (χ1v) is 10.1. The first-order valence-electron chi connectivity index (χ1n) is 9.24. The van der Waals surface area contributed by atoms with E-state index in [-0.39, 0.29) is 24.2 Å². The molecule has 1 atom stereocenters. The van der Waals surface area contributed by atoms with E-state index in [1.54, 1.807) is 24.1 Å². The van der Waals surface area contributed by atoms with E-state index in [2.05, 4.69) is 4.98 Å². The number of ether oxygens (including phenoxy) is 2. The molecule has 1 amide bonds. The molecule has 2 aromatic carbocycles. The molecule has 1 aromatic heterocycles. The highest BCUT2D eigenvalue weighted by molar-refractivity contribution is 7.22. The van der Waals surface area contributed by atoms with Gasteiger partial charge in [0.15, 0.2) is 5.13 Å². The van der Waals surface area contributed by atoms with Gasteiger partial charge < -0.3 is 9.47 Å². The molecule has 0 radical (unpaired) electrons. The SMILES string of the molecule is COc1cccc2sc(N(CC3CCCO3)C(=O)Cc3ccc(F)cc3)nc12. The number of thiazole rings is 1. The first kappa shape index (κ1) is 18.8. The standard InChI is InChI=1S/C21H21FN2O3S/c1-26-17-5-2-6-18-20(17)23-21(28-18)24(13-16-4-3-11-27-16)19(25)12-14-7-9-15(22)10-8-14/h2,5-10,16H,3-4,11-13H2,1H3. The highest BCUT2D eigenvalue weighted by atomic mass is 32.1. The monoisotopic (exact) mass is 400 g/mol. The van der Waals surface area contributed by atoms with Gasteiger partial charge >= 0.3 is 0 Å². The van der Waals surface area contributed by atoms with Crippen LogP contribution >= 0.6 is 11.3 Å². The molecule has 1 unspecified atom stereocenters. The molecule has 3 aromatic rings. The van der Waals surface area contributed by atoms with Crippen molar-refractivity contribution in [2.75, 3.05) is 25.2 Å². The summed E-state index contributed by atoms with van der Waals surface area (Å²) in [4.78, 5) is 19.5. The zero-order chi connectivity index (χ0) is 19.5. The number of para-hydroxylation sites is 1. The maximum atomic E-state index is 13.2. The Labute approximate surface area is 166 Å². The van der Waals surface area contributed by atoms with Crippen molar-refractivity contribution in [1.82, 2.24) is 4.98 Å². The molecule has 0 N–H and O–H groups in total. The fraction of sp³-hybridized carbons (Fsp3) is 0.333. The smallest absolute Gasteiger partial charge is 0.233 e. The molecule has 0 spiro atoms. The summed E-state index contributed by atoms with van der Waals surface area (Å²) in [6, 6.07) is 11.8. The van der Waals surface area contributed by atoms with Gasteiger partial charge in [0.2, 0.25) is 5.91 Å². The van der Waals surface area contributed by atoms with Crippen molar-refractivity contribution < 1.29 is 18.7 Å². The van der Waals surface area contributed by atoms with Crippen LogP contribution in [0.15, 0.2) is 42.5 Å². The number of nitrogens with zero attached hydrogens (tertiary/aromatic N) is 2. The van der Waals surface area contributed by atoms with Crippen LogP contribution in [0.4, 0.5) is 9.52 Å². The lowest BCUT2D eigenvalue weighted by Crippen LogP contribution is -2.38. The third-order valence-corrected chi connectivity index (χ3v) is 5.84. The molecule has 2 heterocycles. The molecule has 1 aliphatic rings. The maximum absolute atomic E-state index is 13.2. The van der Waals surface area contributed by atoms with Crippen molar-refractivity contribution in [2.45, 2.75) is 25.4 Å². The Morgan fingerprint density at radius 2 is 2.14 bits per heavy atom. The van der Waals surface area contributed by atoms with Crippen LogP contribution in [-0.2, 0) is 16.0 Å². The van der Waals surface area contributed by atoms with Gasteiger partial charge in [-0.15, -0.1) is 0 Å². The molecular formula is C21H21FN2O3S. The zero-order valence-electron chi connectivity index (χ0n) is 15.6. The van der Waals surface area contributed by atoms with Gasteiger partial charge in [0.05, 0.1) is 30.9 Å². The van der Waals surface area contributed by atoms with E-state index in [4.69, 9.17) is 9.47 Å². The summed E-state index contributed by atoms with van der Waals surface area (Å²) in [6.07, 6.45) is 2.11. The van der Waals surface area contributed by atoms with Crippen molar-refractivity contribution >= 4 is 32.6 Å². The molecule has 0 bridgehead atoms. The number of hydrogen-bond donors (Lipinski definition) is 0. The highest BCUT2D eigenvalue weighted by Crippen LogP contribution is 2.34. The Morgan fingerprint density at radius 3 is 2.86 bits per heavy atom. The number of amides is 1. The van der Waals surface area contributed by atoms with Crippen LogP contribution in [0.3, 0.4) is 0 Å². The second-order valence-corrected chi connectivity index (χ2v) is 7.76. The number of methoxy groups -OCH3 is 1. The number of benzene rings is 2. The minimum absolute atomic E-state index is 0.00563. The Bertz CT molecular complexity index is 967. The molecule has 1 saturated heterocycles. The van der Waals surface area contributed by atoms with Crippen LogP contribution in [-0.4, -0.2) is 37.3 Å². The fourth-order valence-corrected chi connectivity index (χ4v) is 4.35. The lowest BCUT2D eigenvalue weighted by atomic mass is 10.1. The third kappa shape index (κ3) is 4.00.